The Morgan fingerprint density at radius 3 is 2.25 bits per heavy atom. The molecular weight excluding hydrogens is 355 g/mol. The standard InChI is InChI=1S/C23H19FN2O2/c1-15-8-13-21-20(14-15)22(27)25(16(2)17-9-11-18(24)12-10-17)23(28)26(21)19-6-4-3-5-7-19/h3-14,16H,1-2H3. The van der Waals surface area contributed by atoms with Gasteiger partial charge in [0.2, 0.25) is 0 Å². The zero-order chi connectivity index (χ0) is 19.8. The van der Waals surface area contributed by atoms with Gasteiger partial charge in [0, 0.05) is 0 Å². The van der Waals surface area contributed by atoms with Crippen LogP contribution in [0.2, 0.25) is 0 Å². The predicted octanol–water partition coefficient (Wildman–Crippen LogP) is 4.21. The quantitative estimate of drug-likeness (QED) is 0.539. The molecule has 0 saturated heterocycles. The summed E-state index contributed by atoms with van der Waals surface area (Å²) in [5.41, 5.74) is 2.09. The lowest BCUT2D eigenvalue weighted by molar-refractivity contribution is 0.569. The van der Waals surface area contributed by atoms with Crippen LogP contribution in [0, 0.1) is 12.7 Å². The number of hydrogen-bond acceptors (Lipinski definition) is 2. The number of aryl methyl sites for hydroxylation is 1. The SMILES string of the molecule is Cc1ccc2c(c1)c(=O)n(C(C)c1ccc(F)cc1)c(=O)n2-c1ccccc1. The van der Waals surface area contributed by atoms with Gasteiger partial charge in [-0.15, -0.1) is 0 Å². The van der Waals surface area contributed by atoms with Crippen molar-refractivity contribution in [3.05, 3.63) is 111 Å². The average Bonchev–Trinajstić information content (AvgIpc) is 2.70. The minimum atomic E-state index is -0.541. The van der Waals surface area contributed by atoms with E-state index in [2.05, 4.69) is 0 Å². The van der Waals surface area contributed by atoms with Crippen LogP contribution in [0.3, 0.4) is 0 Å². The van der Waals surface area contributed by atoms with Crippen molar-refractivity contribution in [1.82, 2.24) is 9.13 Å². The van der Waals surface area contributed by atoms with Crippen molar-refractivity contribution >= 4 is 10.9 Å². The molecule has 28 heavy (non-hydrogen) atoms. The number of para-hydroxylation sites is 1. The third kappa shape index (κ3) is 2.95. The van der Waals surface area contributed by atoms with Crippen LogP contribution in [0.15, 0.2) is 82.4 Å². The highest BCUT2D eigenvalue weighted by atomic mass is 19.1. The number of hydrogen-bond donors (Lipinski definition) is 0. The summed E-state index contributed by atoms with van der Waals surface area (Å²) in [5.74, 6) is -0.362. The van der Waals surface area contributed by atoms with Gasteiger partial charge < -0.3 is 0 Å². The third-order valence-corrected chi connectivity index (χ3v) is 4.99. The van der Waals surface area contributed by atoms with Gasteiger partial charge in [-0.25, -0.2) is 9.18 Å². The van der Waals surface area contributed by atoms with Gasteiger partial charge in [0.25, 0.3) is 5.56 Å². The molecule has 0 aliphatic heterocycles. The summed E-state index contributed by atoms with van der Waals surface area (Å²) in [6.45, 7) is 3.68. The largest absolute Gasteiger partial charge is 0.336 e. The molecule has 1 heterocycles. The Labute approximate surface area is 161 Å². The van der Waals surface area contributed by atoms with E-state index in [1.807, 2.05) is 43.3 Å². The molecule has 140 valence electrons. The Kier molecular flexibility index (Phi) is 4.43. The molecule has 1 aromatic heterocycles. The molecule has 1 atom stereocenters. The molecule has 1 unspecified atom stereocenters. The normalized spacial score (nSPS) is 12.2. The zero-order valence-corrected chi connectivity index (χ0v) is 15.6. The Balaban J connectivity index is 2.08. The molecule has 0 radical (unpaired) electrons. The summed E-state index contributed by atoms with van der Waals surface area (Å²) in [4.78, 5) is 26.7. The van der Waals surface area contributed by atoms with Gasteiger partial charge in [-0.05, 0) is 55.8 Å². The van der Waals surface area contributed by atoms with Crippen LogP contribution in [-0.2, 0) is 0 Å². The first kappa shape index (κ1) is 17.9. The lowest BCUT2D eigenvalue weighted by atomic mass is 10.1. The first-order valence-electron chi connectivity index (χ1n) is 9.06. The predicted molar refractivity (Wildman–Crippen MR) is 109 cm³/mol. The summed E-state index contributed by atoms with van der Waals surface area (Å²) in [6, 6.07) is 20.0. The molecular formula is C23H19FN2O2. The van der Waals surface area contributed by atoms with E-state index in [1.165, 1.54) is 16.7 Å². The molecule has 0 saturated carbocycles. The lowest BCUT2D eigenvalue weighted by Gasteiger charge is -2.19. The number of halogens is 1. The highest BCUT2D eigenvalue weighted by molar-refractivity contribution is 5.80. The zero-order valence-electron chi connectivity index (χ0n) is 15.6. The molecule has 0 bridgehead atoms. The summed E-state index contributed by atoms with van der Waals surface area (Å²) in [6.07, 6.45) is 0. The van der Waals surface area contributed by atoms with Crippen LogP contribution in [0.4, 0.5) is 4.39 Å². The highest BCUT2D eigenvalue weighted by Crippen LogP contribution is 2.19. The minimum absolute atomic E-state index is 0.354. The fourth-order valence-electron chi connectivity index (χ4n) is 3.50. The Bertz CT molecular complexity index is 1270. The Morgan fingerprint density at radius 1 is 0.893 bits per heavy atom. The van der Waals surface area contributed by atoms with Gasteiger partial charge in [0.1, 0.15) is 5.82 Å². The Hall–Kier alpha value is -3.47. The van der Waals surface area contributed by atoms with Crippen LogP contribution < -0.4 is 11.2 Å². The topological polar surface area (TPSA) is 44.0 Å². The average molecular weight is 374 g/mol. The van der Waals surface area contributed by atoms with E-state index in [-0.39, 0.29) is 11.4 Å². The van der Waals surface area contributed by atoms with E-state index in [1.54, 1.807) is 35.8 Å². The second kappa shape index (κ2) is 6.93. The second-order valence-electron chi connectivity index (χ2n) is 6.88. The van der Waals surface area contributed by atoms with Gasteiger partial charge in [0.15, 0.2) is 0 Å². The number of fused-ring (bicyclic) bond motifs is 1. The monoisotopic (exact) mass is 374 g/mol. The van der Waals surface area contributed by atoms with Crippen LogP contribution in [0.25, 0.3) is 16.6 Å². The van der Waals surface area contributed by atoms with Crippen molar-refractivity contribution in [2.75, 3.05) is 0 Å². The van der Waals surface area contributed by atoms with Crippen molar-refractivity contribution < 1.29 is 4.39 Å². The van der Waals surface area contributed by atoms with E-state index in [0.29, 0.717) is 22.2 Å². The molecule has 0 amide bonds. The van der Waals surface area contributed by atoms with Crippen molar-refractivity contribution in [3.63, 3.8) is 0 Å². The van der Waals surface area contributed by atoms with E-state index >= 15 is 0 Å². The molecule has 0 spiro atoms. The van der Waals surface area contributed by atoms with Gasteiger partial charge in [-0.3, -0.25) is 13.9 Å². The van der Waals surface area contributed by atoms with E-state index in [9.17, 15) is 14.0 Å². The number of aromatic nitrogens is 2. The van der Waals surface area contributed by atoms with Crippen LogP contribution in [0.1, 0.15) is 24.1 Å². The van der Waals surface area contributed by atoms with Gasteiger partial charge >= 0.3 is 5.69 Å². The third-order valence-electron chi connectivity index (χ3n) is 4.99. The number of rotatable bonds is 3. The fraction of sp³-hybridized carbons (Fsp3) is 0.130. The van der Waals surface area contributed by atoms with Crippen LogP contribution >= 0.6 is 0 Å². The molecule has 0 N–H and O–H groups in total. The molecule has 0 aliphatic rings. The van der Waals surface area contributed by atoms with Crippen molar-refractivity contribution in [3.8, 4) is 5.69 Å². The molecule has 4 aromatic rings. The van der Waals surface area contributed by atoms with E-state index in [0.717, 1.165) is 5.56 Å². The van der Waals surface area contributed by atoms with Crippen LogP contribution in [0.5, 0.6) is 0 Å². The molecule has 0 fully saturated rings. The molecule has 3 aromatic carbocycles. The van der Waals surface area contributed by atoms with Crippen molar-refractivity contribution in [2.24, 2.45) is 0 Å². The van der Waals surface area contributed by atoms with Crippen molar-refractivity contribution in [2.45, 2.75) is 19.9 Å². The molecule has 5 heteroatoms. The maximum absolute atomic E-state index is 13.4. The minimum Gasteiger partial charge on any atom is -0.268 e. The summed E-state index contributed by atoms with van der Waals surface area (Å²) in [5, 5.41) is 0.470. The molecule has 4 rings (SSSR count). The lowest BCUT2D eigenvalue weighted by Crippen LogP contribution is -2.41. The number of benzene rings is 3. The first-order chi connectivity index (χ1) is 13.5. The molecule has 4 nitrogen and oxygen atoms in total. The number of nitrogens with zero attached hydrogens (tertiary/aromatic N) is 2. The highest BCUT2D eigenvalue weighted by Gasteiger charge is 2.19. The van der Waals surface area contributed by atoms with Crippen LogP contribution in [-0.4, -0.2) is 9.13 Å². The van der Waals surface area contributed by atoms with Crippen molar-refractivity contribution in [1.29, 1.82) is 0 Å². The van der Waals surface area contributed by atoms with E-state index in [4.69, 9.17) is 0 Å². The molecule has 0 aliphatic carbocycles. The maximum atomic E-state index is 13.4. The summed E-state index contributed by atoms with van der Waals surface area (Å²) < 4.78 is 16.1. The van der Waals surface area contributed by atoms with Gasteiger partial charge in [-0.2, -0.15) is 0 Å². The smallest absolute Gasteiger partial charge is 0.268 e. The van der Waals surface area contributed by atoms with Gasteiger partial charge in [0.05, 0.1) is 22.6 Å². The van der Waals surface area contributed by atoms with Gasteiger partial charge in [-0.1, -0.05) is 42.0 Å². The first-order valence-corrected chi connectivity index (χ1v) is 9.06. The second-order valence-corrected chi connectivity index (χ2v) is 6.88. The maximum Gasteiger partial charge on any atom is 0.336 e. The summed E-state index contributed by atoms with van der Waals surface area (Å²) in [7, 11) is 0. The summed E-state index contributed by atoms with van der Waals surface area (Å²) >= 11 is 0. The Morgan fingerprint density at radius 2 is 1.57 bits per heavy atom. The fourth-order valence-corrected chi connectivity index (χ4v) is 3.50. The van der Waals surface area contributed by atoms with E-state index < -0.39 is 11.7 Å².